The highest BCUT2D eigenvalue weighted by molar-refractivity contribution is 5.78. The van der Waals surface area contributed by atoms with Crippen molar-refractivity contribution in [3.05, 3.63) is 35.9 Å². The molecule has 1 heterocycles. The Kier molecular flexibility index (Phi) is 7.91. The van der Waals surface area contributed by atoms with Crippen molar-refractivity contribution in [1.29, 1.82) is 0 Å². The van der Waals surface area contributed by atoms with Gasteiger partial charge < -0.3 is 20.3 Å². The fourth-order valence-corrected chi connectivity index (χ4v) is 3.30. The zero-order chi connectivity index (χ0) is 18.9. The highest BCUT2D eigenvalue weighted by Crippen LogP contribution is 2.21. The molecule has 1 aromatic carbocycles. The van der Waals surface area contributed by atoms with E-state index in [1.54, 1.807) is 11.8 Å². The van der Waals surface area contributed by atoms with Crippen LogP contribution in [0.2, 0.25) is 0 Å². The predicted molar refractivity (Wildman–Crippen MR) is 102 cm³/mol. The van der Waals surface area contributed by atoms with Crippen molar-refractivity contribution in [2.75, 3.05) is 26.2 Å². The maximum atomic E-state index is 12.3. The Morgan fingerprint density at radius 1 is 1.19 bits per heavy atom. The number of hydrogen-bond donors (Lipinski definition) is 2. The normalized spacial score (nSPS) is 16.4. The third-order valence-corrected chi connectivity index (χ3v) is 4.69. The fraction of sp³-hybridized carbons (Fsp3) is 0.600. The monoisotopic (exact) mass is 361 g/mol. The van der Waals surface area contributed by atoms with Crippen LogP contribution < -0.4 is 10.6 Å². The number of benzene rings is 1. The molecule has 0 aliphatic carbocycles. The minimum Gasteiger partial charge on any atom is -0.450 e. The molecule has 0 aromatic heterocycles. The van der Waals surface area contributed by atoms with Crippen molar-refractivity contribution < 1.29 is 14.3 Å². The molecule has 1 saturated heterocycles. The molecule has 1 aliphatic rings. The van der Waals surface area contributed by atoms with Crippen LogP contribution in [-0.2, 0) is 9.53 Å². The molecule has 1 fully saturated rings. The lowest BCUT2D eigenvalue weighted by atomic mass is 9.96. The number of rotatable bonds is 7. The standard InChI is InChI=1S/C20H31N3O3/c1-4-26-20(25)23-12-10-17(11-13-23)22-18(24)14-21-19(15(2)3)16-8-6-5-7-9-16/h5-9,15,17,19,21H,4,10-14H2,1-3H3,(H,22,24). The quantitative estimate of drug-likeness (QED) is 0.783. The van der Waals surface area contributed by atoms with E-state index in [-0.39, 0.29) is 30.6 Å². The molecule has 0 saturated carbocycles. The summed E-state index contributed by atoms with van der Waals surface area (Å²) in [4.78, 5) is 25.7. The zero-order valence-electron chi connectivity index (χ0n) is 16.0. The van der Waals surface area contributed by atoms with E-state index in [0.717, 1.165) is 12.8 Å². The summed E-state index contributed by atoms with van der Waals surface area (Å²) in [5.74, 6) is 0.388. The third-order valence-electron chi connectivity index (χ3n) is 4.69. The van der Waals surface area contributed by atoms with Gasteiger partial charge >= 0.3 is 6.09 Å². The highest BCUT2D eigenvalue weighted by Gasteiger charge is 2.25. The van der Waals surface area contributed by atoms with Crippen molar-refractivity contribution >= 4 is 12.0 Å². The van der Waals surface area contributed by atoms with Crippen LogP contribution >= 0.6 is 0 Å². The lowest BCUT2D eigenvalue weighted by molar-refractivity contribution is -0.121. The van der Waals surface area contributed by atoms with Crippen LogP contribution in [0, 0.1) is 5.92 Å². The number of nitrogens with one attached hydrogen (secondary N) is 2. The Balaban J connectivity index is 1.76. The van der Waals surface area contributed by atoms with Crippen molar-refractivity contribution in [3.8, 4) is 0 Å². The molecule has 6 nitrogen and oxygen atoms in total. The van der Waals surface area contributed by atoms with Gasteiger partial charge in [-0.15, -0.1) is 0 Å². The van der Waals surface area contributed by atoms with Crippen LogP contribution in [0.5, 0.6) is 0 Å². The first-order chi connectivity index (χ1) is 12.5. The number of piperidine rings is 1. The summed E-state index contributed by atoms with van der Waals surface area (Å²) >= 11 is 0. The predicted octanol–water partition coefficient (Wildman–Crippen LogP) is 2.71. The van der Waals surface area contributed by atoms with Crippen LogP contribution in [0.15, 0.2) is 30.3 Å². The molecule has 1 atom stereocenters. The Morgan fingerprint density at radius 3 is 2.42 bits per heavy atom. The number of carbonyl (C=O) groups is 2. The van der Waals surface area contributed by atoms with Gasteiger partial charge in [-0.3, -0.25) is 4.79 Å². The largest absolute Gasteiger partial charge is 0.450 e. The molecule has 1 unspecified atom stereocenters. The van der Waals surface area contributed by atoms with Gasteiger partial charge in [-0.1, -0.05) is 44.2 Å². The smallest absolute Gasteiger partial charge is 0.409 e. The molecule has 2 amide bonds. The average Bonchev–Trinajstić information content (AvgIpc) is 2.63. The van der Waals surface area contributed by atoms with Gasteiger partial charge in [0.15, 0.2) is 0 Å². The minimum absolute atomic E-state index is 0.00108. The van der Waals surface area contributed by atoms with Crippen molar-refractivity contribution in [2.24, 2.45) is 5.92 Å². The number of amides is 2. The first-order valence-electron chi connectivity index (χ1n) is 9.50. The molecule has 0 spiro atoms. The number of likely N-dealkylation sites (tertiary alicyclic amines) is 1. The lowest BCUT2D eigenvalue weighted by Gasteiger charge is -2.32. The Labute approximate surface area is 156 Å². The number of nitrogens with zero attached hydrogens (tertiary/aromatic N) is 1. The second-order valence-electron chi connectivity index (χ2n) is 7.04. The van der Waals surface area contributed by atoms with Gasteiger partial charge in [-0.05, 0) is 31.2 Å². The molecule has 144 valence electrons. The van der Waals surface area contributed by atoms with Crippen molar-refractivity contribution in [2.45, 2.75) is 45.7 Å². The summed E-state index contributed by atoms with van der Waals surface area (Å²) in [6, 6.07) is 10.5. The van der Waals surface area contributed by atoms with Gasteiger partial charge in [-0.2, -0.15) is 0 Å². The van der Waals surface area contributed by atoms with Crippen LogP contribution in [-0.4, -0.2) is 49.2 Å². The van der Waals surface area contributed by atoms with E-state index in [4.69, 9.17) is 4.74 Å². The van der Waals surface area contributed by atoms with E-state index in [0.29, 0.717) is 25.6 Å². The van der Waals surface area contributed by atoms with E-state index in [9.17, 15) is 9.59 Å². The number of ether oxygens (including phenoxy) is 1. The molecule has 1 aromatic rings. The summed E-state index contributed by atoms with van der Waals surface area (Å²) < 4.78 is 5.02. The molecule has 6 heteroatoms. The van der Waals surface area contributed by atoms with Crippen molar-refractivity contribution in [3.63, 3.8) is 0 Å². The van der Waals surface area contributed by atoms with E-state index >= 15 is 0 Å². The van der Waals surface area contributed by atoms with Gasteiger partial charge in [0, 0.05) is 25.2 Å². The summed E-state index contributed by atoms with van der Waals surface area (Å²) in [6.45, 7) is 8.01. The summed E-state index contributed by atoms with van der Waals surface area (Å²) in [5.41, 5.74) is 1.19. The Bertz CT molecular complexity index is 569. The maximum absolute atomic E-state index is 12.3. The van der Waals surface area contributed by atoms with Crippen LogP contribution in [0.3, 0.4) is 0 Å². The topological polar surface area (TPSA) is 70.7 Å². The zero-order valence-corrected chi connectivity index (χ0v) is 16.0. The first kappa shape index (κ1) is 20.2. The van der Waals surface area contributed by atoms with Gasteiger partial charge in [0.2, 0.25) is 5.91 Å². The SMILES string of the molecule is CCOC(=O)N1CCC(NC(=O)CNC(c2ccccc2)C(C)C)CC1. The van der Waals surface area contributed by atoms with Crippen LogP contribution in [0.25, 0.3) is 0 Å². The minimum atomic E-state index is -0.262. The van der Waals surface area contributed by atoms with Crippen molar-refractivity contribution in [1.82, 2.24) is 15.5 Å². The molecule has 26 heavy (non-hydrogen) atoms. The van der Waals surface area contributed by atoms with Crippen LogP contribution in [0.1, 0.15) is 45.2 Å². The molecule has 0 bridgehead atoms. The summed E-state index contributed by atoms with van der Waals surface area (Å²) in [5, 5.41) is 6.45. The van der Waals surface area contributed by atoms with Gasteiger partial charge in [0.1, 0.15) is 0 Å². The lowest BCUT2D eigenvalue weighted by Crippen LogP contribution is -2.48. The first-order valence-corrected chi connectivity index (χ1v) is 9.50. The Morgan fingerprint density at radius 2 is 1.85 bits per heavy atom. The molecule has 0 radical (unpaired) electrons. The second-order valence-corrected chi connectivity index (χ2v) is 7.04. The highest BCUT2D eigenvalue weighted by atomic mass is 16.6. The van der Waals surface area contributed by atoms with E-state index in [1.807, 2.05) is 18.2 Å². The van der Waals surface area contributed by atoms with E-state index < -0.39 is 0 Å². The van der Waals surface area contributed by atoms with Gasteiger partial charge in [0.25, 0.3) is 0 Å². The molecular weight excluding hydrogens is 330 g/mol. The summed E-state index contributed by atoms with van der Waals surface area (Å²) in [7, 11) is 0. The second kappa shape index (κ2) is 10.2. The van der Waals surface area contributed by atoms with Gasteiger partial charge in [0.05, 0.1) is 13.2 Å². The molecule has 2 rings (SSSR count). The molecule has 2 N–H and O–H groups in total. The average molecular weight is 361 g/mol. The Hall–Kier alpha value is -2.08. The fourth-order valence-electron chi connectivity index (χ4n) is 3.30. The number of carbonyl (C=O) groups excluding carboxylic acids is 2. The van der Waals surface area contributed by atoms with Crippen LogP contribution in [0.4, 0.5) is 4.79 Å². The summed E-state index contributed by atoms with van der Waals surface area (Å²) in [6.07, 6.45) is 1.26. The molecular formula is C20H31N3O3. The van der Waals surface area contributed by atoms with Gasteiger partial charge in [-0.25, -0.2) is 4.79 Å². The van der Waals surface area contributed by atoms with E-state index in [2.05, 4.69) is 36.6 Å². The van der Waals surface area contributed by atoms with E-state index in [1.165, 1.54) is 5.56 Å². The third kappa shape index (κ3) is 6.02. The molecule has 1 aliphatic heterocycles. The number of hydrogen-bond acceptors (Lipinski definition) is 4. The maximum Gasteiger partial charge on any atom is 0.409 e.